The lowest BCUT2D eigenvalue weighted by Gasteiger charge is -2.43. The molecule has 0 spiro atoms. The third-order valence-corrected chi connectivity index (χ3v) is 5.39. The van der Waals surface area contributed by atoms with Gasteiger partial charge in [-0.3, -0.25) is 9.59 Å². The minimum absolute atomic E-state index is 0.00622. The Hall–Kier alpha value is -2.21. The Kier molecular flexibility index (Phi) is 4.29. The maximum Gasteiger partial charge on any atom is 0.275 e. The van der Waals surface area contributed by atoms with Crippen molar-refractivity contribution in [3.05, 3.63) is 40.3 Å². The van der Waals surface area contributed by atoms with Crippen molar-refractivity contribution in [1.29, 1.82) is 0 Å². The van der Waals surface area contributed by atoms with Gasteiger partial charge in [-0.05, 0) is 25.8 Å². The van der Waals surface area contributed by atoms with Crippen LogP contribution in [0.3, 0.4) is 0 Å². The first-order valence-electron chi connectivity index (χ1n) is 9.02. The van der Waals surface area contributed by atoms with E-state index in [4.69, 9.17) is 4.74 Å². The number of carbonyl (C=O) groups excluding carboxylic acids is 1. The first-order valence-corrected chi connectivity index (χ1v) is 9.02. The van der Waals surface area contributed by atoms with Gasteiger partial charge in [0.1, 0.15) is 6.54 Å². The summed E-state index contributed by atoms with van der Waals surface area (Å²) in [6.07, 6.45) is 4.43. The Morgan fingerprint density at radius 2 is 2.00 bits per heavy atom. The number of aromatic nitrogens is 2. The molecular formula is C19H23N3O3. The normalized spacial score (nSPS) is 23.5. The first kappa shape index (κ1) is 16.3. The molecule has 1 aromatic carbocycles. The molecule has 1 aromatic heterocycles. The SMILES string of the molecule is Cc1nn(CC(=O)N2CCOC3CCCCC32)c(=O)c2ccccc12. The zero-order valence-corrected chi connectivity index (χ0v) is 14.5. The van der Waals surface area contributed by atoms with Gasteiger partial charge >= 0.3 is 0 Å². The van der Waals surface area contributed by atoms with E-state index in [1.807, 2.05) is 30.0 Å². The summed E-state index contributed by atoms with van der Waals surface area (Å²) in [4.78, 5) is 27.5. The van der Waals surface area contributed by atoms with Crippen LogP contribution >= 0.6 is 0 Å². The summed E-state index contributed by atoms with van der Waals surface area (Å²) in [6, 6.07) is 7.55. The second kappa shape index (κ2) is 6.59. The number of amides is 1. The largest absolute Gasteiger partial charge is 0.374 e. The van der Waals surface area contributed by atoms with Gasteiger partial charge < -0.3 is 9.64 Å². The number of nitrogens with zero attached hydrogens (tertiary/aromatic N) is 3. The van der Waals surface area contributed by atoms with E-state index in [0.717, 1.165) is 36.8 Å². The predicted molar refractivity (Wildman–Crippen MR) is 94.4 cm³/mol. The third-order valence-electron chi connectivity index (χ3n) is 5.39. The quantitative estimate of drug-likeness (QED) is 0.836. The van der Waals surface area contributed by atoms with Crippen molar-refractivity contribution in [3.63, 3.8) is 0 Å². The van der Waals surface area contributed by atoms with E-state index in [0.29, 0.717) is 18.5 Å². The van der Waals surface area contributed by atoms with Crippen molar-refractivity contribution >= 4 is 16.7 Å². The lowest BCUT2D eigenvalue weighted by molar-refractivity contribution is -0.150. The maximum atomic E-state index is 12.9. The molecule has 6 heteroatoms. The average molecular weight is 341 g/mol. The van der Waals surface area contributed by atoms with Crippen LogP contribution in [0.2, 0.25) is 0 Å². The van der Waals surface area contributed by atoms with Crippen LogP contribution in [0.5, 0.6) is 0 Å². The number of hydrogen-bond acceptors (Lipinski definition) is 4. The van der Waals surface area contributed by atoms with E-state index in [-0.39, 0.29) is 30.2 Å². The molecule has 1 aliphatic heterocycles. The number of fused-ring (bicyclic) bond motifs is 2. The smallest absolute Gasteiger partial charge is 0.275 e. The molecule has 1 saturated carbocycles. The van der Waals surface area contributed by atoms with E-state index >= 15 is 0 Å². The molecule has 25 heavy (non-hydrogen) atoms. The van der Waals surface area contributed by atoms with Crippen molar-refractivity contribution in [3.8, 4) is 0 Å². The second-order valence-corrected chi connectivity index (χ2v) is 6.94. The van der Waals surface area contributed by atoms with Gasteiger partial charge in [-0.2, -0.15) is 5.10 Å². The van der Waals surface area contributed by atoms with Crippen LogP contribution in [0.25, 0.3) is 10.8 Å². The summed E-state index contributed by atoms with van der Waals surface area (Å²) >= 11 is 0. The summed E-state index contributed by atoms with van der Waals surface area (Å²) in [6.45, 7) is 3.04. The molecule has 0 N–H and O–H groups in total. The van der Waals surface area contributed by atoms with Crippen LogP contribution < -0.4 is 5.56 Å². The van der Waals surface area contributed by atoms with E-state index < -0.39 is 0 Å². The number of morpholine rings is 1. The number of ether oxygens (including phenoxy) is 1. The lowest BCUT2D eigenvalue weighted by Crippen LogP contribution is -2.55. The molecule has 2 unspecified atom stereocenters. The summed E-state index contributed by atoms with van der Waals surface area (Å²) in [5, 5.41) is 5.82. The van der Waals surface area contributed by atoms with Crippen LogP contribution in [0.15, 0.2) is 29.1 Å². The molecule has 0 bridgehead atoms. The van der Waals surface area contributed by atoms with E-state index in [1.165, 1.54) is 4.68 Å². The highest BCUT2D eigenvalue weighted by Gasteiger charge is 2.36. The number of benzene rings is 1. The van der Waals surface area contributed by atoms with Gasteiger partial charge in [0, 0.05) is 11.9 Å². The van der Waals surface area contributed by atoms with Crippen molar-refractivity contribution in [2.75, 3.05) is 13.2 Å². The van der Waals surface area contributed by atoms with Gasteiger partial charge in [-0.25, -0.2) is 4.68 Å². The van der Waals surface area contributed by atoms with Gasteiger partial charge in [0.2, 0.25) is 5.91 Å². The highest BCUT2D eigenvalue weighted by molar-refractivity contribution is 5.83. The minimum Gasteiger partial charge on any atom is -0.374 e. The van der Waals surface area contributed by atoms with Crippen LogP contribution in [-0.4, -0.2) is 45.9 Å². The predicted octanol–water partition coefficient (Wildman–Crippen LogP) is 1.87. The van der Waals surface area contributed by atoms with Crippen LogP contribution in [0, 0.1) is 6.92 Å². The van der Waals surface area contributed by atoms with Crippen LogP contribution in [0.4, 0.5) is 0 Å². The number of rotatable bonds is 2. The van der Waals surface area contributed by atoms with Gasteiger partial charge in [-0.1, -0.05) is 31.0 Å². The maximum absolute atomic E-state index is 12.9. The Morgan fingerprint density at radius 3 is 2.84 bits per heavy atom. The van der Waals surface area contributed by atoms with Crippen LogP contribution in [-0.2, 0) is 16.1 Å². The van der Waals surface area contributed by atoms with E-state index in [9.17, 15) is 9.59 Å². The second-order valence-electron chi connectivity index (χ2n) is 6.94. The number of carbonyl (C=O) groups is 1. The zero-order chi connectivity index (χ0) is 17.4. The van der Waals surface area contributed by atoms with Crippen molar-refractivity contribution < 1.29 is 9.53 Å². The summed E-state index contributed by atoms with van der Waals surface area (Å²) in [5.41, 5.74) is 0.559. The van der Waals surface area contributed by atoms with Crippen molar-refractivity contribution in [2.24, 2.45) is 0 Å². The van der Waals surface area contributed by atoms with E-state index in [1.54, 1.807) is 6.07 Å². The molecule has 0 radical (unpaired) electrons. The van der Waals surface area contributed by atoms with Crippen molar-refractivity contribution in [2.45, 2.75) is 51.3 Å². The Bertz CT molecular complexity index is 859. The zero-order valence-electron chi connectivity index (χ0n) is 14.5. The van der Waals surface area contributed by atoms with Crippen LogP contribution in [0.1, 0.15) is 31.4 Å². The minimum atomic E-state index is -0.206. The highest BCUT2D eigenvalue weighted by Crippen LogP contribution is 2.28. The molecule has 2 fully saturated rings. The first-order chi connectivity index (χ1) is 12.1. The van der Waals surface area contributed by atoms with Crippen molar-refractivity contribution in [1.82, 2.24) is 14.7 Å². The van der Waals surface area contributed by atoms with Gasteiger partial charge in [0.05, 0.1) is 29.8 Å². The average Bonchev–Trinajstić information content (AvgIpc) is 2.65. The van der Waals surface area contributed by atoms with E-state index in [2.05, 4.69) is 5.10 Å². The molecule has 132 valence electrons. The third kappa shape index (κ3) is 2.95. The fourth-order valence-electron chi connectivity index (χ4n) is 4.14. The molecule has 6 nitrogen and oxygen atoms in total. The molecular weight excluding hydrogens is 318 g/mol. The lowest BCUT2D eigenvalue weighted by atomic mass is 9.90. The fourth-order valence-corrected chi connectivity index (χ4v) is 4.14. The molecule has 2 aromatic rings. The summed E-state index contributed by atoms with van der Waals surface area (Å²) < 4.78 is 7.15. The standard InChI is InChI=1S/C19H23N3O3/c1-13-14-6-2-3-7-15(14)19(24)22(20-13)12-18(23)21-10-11-25-17-9-5-4-8-16(17)21/h2-3,6-7,16-17H,4-5,8-12H2,1H3. The number of aryl methyl sites for hydroxylation is 1. The molecule has 2 atom stereocenters. The van der Waals surface area contributed by atoms with Gasteiger partial charge in [0.25, 0.3) is 5.56 Å². The molecule has 4 rings (SSSR count). The Labute approximate surface area is 146 Å². The monoisotopic (exact) mass is 341 g/mol. The molecule has 1 saturated heterocycles. The fraction of sp³-hybridized carbons (Fsp3) is 0.526. The molecule has 2 heterocycles. The van der Waals surface area contributed by atoms with Gasteiger partial charge in [0.15, 0.2) is 0 Å². The van der Waals surface area contributed by atoms with Gasteiger partial charge in [-0.15, -0.1) is 0 Å². The molecule has 1 amide bonds. The Morgan fingerprint density at radius 1 is 1.24 bits per heavy atom. The highest BCUT2D eigenvalue weighted by atomic mass is 16.5. The summed E-state index contributed by atoms with van der Waals surface area (Å²) in [7, 11) is 0. The summed E-state index contributed by atoms with van der Waals surface area (Å²) in [5.74, 6) is -0.0375. The Balaban J connectivity index is 1.61. The molecule has 2 aliphatic rings. The molecule has 1 aliphatic carbocycles. The number of hydrogen-bond donors (Lipinski definition) is 0. The topological polar surface area (TPSA) is 64.4 Å².